The molecule has 6 heteroatoms. The first-order valence-corrected chi connectivity index (χ1v) is 7.80. The van der Waals surface area contributed by atoms with Crippen LogP contribution in [0.3, 0.4) is 0 Å². The molecule has 0 fully saturated rings. The normalized spacial score (nSPS) is 13.5. The minimum Gasteiger partial charge on any atom is -0.496 e. The van der Waals surface area contributed by atoms with E-state index in [4.69, 9.17) is 21.1 Å². The number of anilines is 1. The molecular weight excluding hydrogens is 330 g/mol. The molecule has 0 radical (unpaired) electrons. The van der Waals surface area contributed by atoms with E-state index in [1.807, 2.05) is 0 Å². The van der Waals surface area contributed by atoms with Gasteiger partial charge in [0.1, 0.15) is 17.1 Å². The minimum atomic E-state index is -0.277. The number of amides is 1. The molecule has 0 bridgehead atoms. The number of halogens is 1. The number of Topliss-reactive ketones (excluding diaryl/α,β-unsaturated/α-hetero) is 1. The molecule has 0 aliphatic carbocycles. The van der Waals surface area contributed by atoms with E-state index in [1.165, 1.54) is 14.2 Å². The number of hydrogen-bond donors (Lipinski definition) is 0. The first-order valence-electron chi connectivity index (χ1n) is 7.42. The molecule has 3 rings (SSSR count). The molecule has 124 valence electrons. The summed E-state index contributed by atoms with van der Waals surface area (Å²) in [5, 5.41) is 0.464. The molecule has 5 nitrogen and oxygen atoms in total. The largest absolute Gasteiger partial charge is 0.496 e. The zero-order valence-corrected chi connectivity index (χ0v) is 14.1. The molecule has 0 atom stereocenters. The quantitative estimate of drug-likeness (QED) is 0.853. The average Bonchev–Trinajstić information content (AvgIpc) is 2.61. The zero-order chi connectivity index (χ0) is 17.3. The highest BCUT2D eigenvalue weighted by Crippen LogP contribution is 2.35. The Hall–Kier alpha value is -2.53. The van der Waals surface area contributed by atoms with Crippen LogP contribution in [0, 0.1) is 0 Å². The van der Waals surface area contributed by atoms with Gasteiger partial charge in [0.25, 0.3) is 5.91 Å². The predicted molar refractivity (Wildman–Crippen MR) is 91.6 cm³/mol. The number of ether oxygens (including phenoxy) is 2. The van der Waals surface area contributed by atoms with Crippen LogP contribution in [0.25, 0.3) is 0 Å². The van der Waals surface area contributed by atoms with Crippen LogP contribution in [0.4, 0.5) is 5.69 Å². The number of methoxy groups -OCH3 is 2. The smallest absolute Gasteiger partial charge is 0.265 e. The lowest BCUT2D eigenvalue weighted by Crippen LogP contribution is -2.37. The highest BCUT2D eigenvalue weighted by Gasteiger charge is 2.31. The molecule has 0 saturated heterocycles. The van der Waals surface area contributed by atoms with Crippen molar-refractivity contribution in [3.05, 3.63) is 52.5 Å². The van der Waals surface area contributed by atoms with Crippen molar-refractivity contribution in [3.63, 3.8) is 0 Å². The van der Waals surface area contributed by atoms with E-state index in [0.29, 0.717) is 39.9 Å². The SMILES string of the molecule is COc1cccc(OC)c1C(=O)N1CCC(=O)c2cc(Cl)ccc21. The van der Waals surface area contributed by atoms with Crippen molar-refractivity contribution in [3.8, 4) is 11.5 Å². The van der Waals surface area contributed by atoms with Crippen LogP contribution in [0.2, 0.25) is 5.02 Å². The molecule has 2 aromatic carbocycles. The molecule has 0 saturated carbocycles. The molecule has 1 heterocycles. The van der Waals surface area contributed by atoms with Gasteiger partial charge in [0.2, 0.25) is 0 Å². The van der Waals surface area contributed by atoms with E-state index in [9.17, 15) is 9.59 Å². The lowest BCUT2D eigenvalue weighted by molar-refractivity contribution is 0.0952. The molecule has 0 aromatic heterocycles. The van der Waals surface area contributed by atoms with Gasteiger partial charge in [-0.05, 0) is 30.3 Å². The summed E-state index contributed by atoms with van der Waals surface area (Å²) in [5.74, 6) is 0.544. The second-order valence-electron chi connectivity index (χ2n) is 5.33. The third-order valence-electron chi connectivity index (χ3n) is 4.00. The van der Waals surface area contributed by atoms with Crippen molar-refractivity contribution in [2.45, 2.75) is 6.42 Å². The summed E-state index contributed by atoms with van der Waals surface area (Å²) < 4.78 is 10.6. The van der Waals surface area contributed by atoms with Gasteiger partial charge in [-0.2, -0.15) is 0 Å². The van der Waals surface area contributed by atoms with Gasteiger partial charge in [0, 0.05) is 23.6 Å². The summed E-state index contributed by atoms with van der Waals surface area (Å²) in [6, 6.07) is 10.1. The maximum atomic E-state index is 13.1. The Morgan fingerprint density at radius 1 is 1.12 bits per heavy atom. The number of hydrogen-bond acceptors (Lipinski definition) is 4. The Bertz CT molecular complexity index is 796. The molecule has 0 N–H and O–H groups in total. The summed E-state index contributed by atoms with van der Waals surface area (Å²) >= 11 is 5.99. The number of nitrogens with zero attached hydrogens (tertiary/aromatic N) is 1. The molecule has 1 aliphatic rings. The van der Waals surface area contributed by atoms with Crippen molar-refractivity contribution in [1.82, 2.24) is 0 Å². The Morgan fingerprint density at radius 3 is 2.42 bits per heavy atom. The number of ketones is 1. The standard InChI is InChI=1S/C18H16ClNO4/c1-23-15-4-3-5-16(24-2)17(15)18(22)20-9-8-14(21)12-10-11(19)6-7-13(12)20/h3-7,10H,8-9H2,1-2H3. The summed E-state index contributed by atoms with van der Waals surface area (Å²) in [6.07, 6.45) is 0.247. The van der Waals surface area contributed by atoms with Crippen molar-refractivity contribution in [2.24, 2.45) is 0 Å². The second kappa shape index (κ2) is 6.53. The van der Waals surface area contributed by atoms with Gasteiger partial charge >= 0.3 is 0 Å². The Kier molecular flexibility index (Phi) is 4.44. The highest BCUT2D eigenvalue weighted by molar-refractivity contribution is 6.31. The van der Waals surface area contributed by atoms with E-state index < -0.39 is 0 Å². The molecule has 1 aliphatic heterocycles. The zero-order valence-electron chi connectivity index (χ0n) is 13.3. The van der Waals surface area contributed by atoms with E-state index in [0.717, 1.165) is 0 Å². The van der Waals surface area contributed by atoms with E-state index >= 15 is 0 Å². The van der Waals surface area contributed by atoms with Crippen molar-refractivity contribution in [2.75, 3.05) is 25.7 Å². The maximum Gasteiger partial charge on any atom is 0.265 e. The minimum absolute atomic E-state index is 0.0245. The van der Waals surface area contributed by atoms with Crippen LogP contribution in [0.1, 0.15) is 27.1 Å². The van der Waals surface area contributed by atoms with Crippen molar-refractivity contribution in [1.29, 1.82) is 0 Å². The molecule has 24 heavy (non-hydrogen) atoms. The lowest BCUT2D eigenvalue weighted by Gasteiger charge is -2.29. The van der Waals surface area contributed by atoms with Gasteiger partial charge in [0.15, 0.2) is 5.78 Å². The van der Waals surface area contributed by atoms with Gasteiger partial charge in [0.05, 0.1) is 19.9 Å². The van der Waals surface area contributed by atoms with Crippen LogP contribution < -0.4 is 14.4 Å². The van der Waals surface area contributed by atoms with Crippen molar-refractivity contribution < 1.29 is 19.1 Å². The fraction of sp³-hybridized carbons (Fsp3) is 0.222. The fourth-order valence-electron chi connectivity index (χ4n) is 2.84. The van der Waals surface area contributed by atoms with Crippen LogP contribution in [0.5, 0.6) is 11.5 Å². The predicted octanol–water partition coefficient (Wildman–Crippen LogP) is 3.59. The Morgan fingerprint density at radius 2 is 1.79 bits per heavy atom. The topological polar surface area (TPSA) is 55.8 Å². The first kappa shape index (κ1) is 16.3. The first-order chi connectivity index (χ1) is 11.6. The summed E-state index contributed by atoms with van der Waals surface area (Å²) in [4.78, 5) is 26.8. The van der Waals surface area contributed by atoms with Gasteiger partial charge in [-0.1, -0.05) is 17.7 Å². The molecule has 2 aromatic rings. The molecule has 0 unspecified atom stereocenters. The summed E-state index contributed by atoms with van der Waals surface area (Å²) in [6.45, 7) is 0.299. The summed E-state index contributed by atoms with van der Waals surface area (Å²) in [7, 11) is 3.00. The number of carbonyl (C=O) groups excluding carboxylic acids is 2. The van der Waals surface area contributed by atoms with Gasteiger partial charge < -0.3 is 14.4 Å². The molecule has 1 amide bonds. The van der Waals surface area contributed by atoms with E-state index in [2.05, 4.69) is 0 Å². The van der Waals surface area contributed by atoms with E-state index in [1.54, 1.807) is 41.3 Å². The third kappa shape index (κ3) is 2.71. The Labute approximate surface area is 144 Å². The van der Waals surface area contributed by atoms with Gasteiger partial charge in [-0.25, -0.2) is 0 Å². The second-order valence-corrected chi connectivity index (χ2v) is 5.77. The van der Waals surface area contributed by atoms with Gasteiger partial charge in [-0.15, -0.1) is 0 Å². The van der Waals surface area contributed by atoms with E-state index in [-0.39, 0.29) is 18.1 Å². The van der Waals surface area contributed by atoms with Crippen LogP contribution in [0.15, 0.2) is 36.4 Å². The number of rotatable bonds is 3. The number of carbonyl (C=O) groups is 2. The fourth-order valence-corrected chi connectivity index (χ4v) is 3.02. The molecular formula is C18H16ClNO4. The number of benzene rings is 2. The maximum absolute atomic E-state index is 13.1. The lowest BCUT2D eigenvalue weighted by atomic mass is 9.99. The number of fused-ring (bicyclic) bond motifs is 1. The highest BCUT2D eigenvalue weighted by atomic mass is 35.5. The summed E-state index contributed by atoms with van der Waals surface area (Å²) in [5.41, 5.74) is 1.34. The average molecular weight is 346 g/mol. The third-order valence-corrected chi connectivity index (χ3v) is 4.23. The van der Waals surface area contributed by atoms with Crippen LogP contribution in [-0.2, 0) is 0 Å². The monoisotopic (exact) mass is 345 g/mol. The molecule has 0 spiro atoms. The van der Waals surface area contributed by atoms with Gasteiger partial charge in [-0.3, -0.25) is 9.59 Å². The van der Waals surface area contributed by atoms with Crippen LogP contribution in [-0.4, -0.2) is 32.5 Å². The van der Waals surface area contributed by atoms with Crippen LogP contribution >= 0.6 is 11.6 Å². The van der Waals surface area contributed by atoms with Crippen molar-refractivity contribution >= 4 is 29.0 Å². The Balaban J connectivity index is 2.10.